The summed E-state index contributed by atoms with van der Waals surface area (Å²) in [5, 5.41) is 4.00. The van der Waals surface area contributed by atoms with Gasteiger partial charge in [0, 0.05) is 17.6 Å². The Hall–Kier alpha value is -2.95. The highest BCUT2D eigenvalue weighted by Gasteiger charge is 2.31. The minimum Gasteiger partial charge on any atom is -0.316 e. The van der Waals surface area contributed by atoms with Gasteiger partial charge in [0.1, 0.15) is 0 Å². The highest BCUT2D eigenvalue weighted by Crippen LogP contribution is 2.31. The van der Waals surface area contributed by atoms with E-state index in [1.165, 1.54) is 0 Å². The minimum atomic E-state index is -0.0945. The smallest absolute Gasteiger partial charge is 0.316 e. The molecule has 25 heavy (non-hydrogen) atoms. The number of rotatable bonds is 2. The number of amides is 2. The average Bonchev–Trinajstić information content (AvgIpc) is 3.11. The molecule has 1 aliphatic heterocycles. The lowest BCUT2D eigenvalue weighted by Gasteiger charge is -2.24. The van der Waals surface area contributed by atoms with Gasteiger partial charge in [0.25, 0.3) is 0 Å². The van der Waals surface area contributed by atoms with Crippen LogP contribution in [-0.4, -0.2) is 27.4 Å². The molecule has 0 aliphatic carbocycles. The van der Waals surface area contributed by atoms with Gasteiger partial charge in [-0.3, -0.25) is 9.97 Å². The summed E-state index contributed by atoms with van der Waals surface area (Å²) in [6.45, 7) is 2.72. The highest BCUT2D eigenvalue weighted by atomic mass is 16.2. The Morgan fingerprint density at radius 2 is 2.08 bits per heavy atom. The van der Waals surface area contributed by atoms with Crippen molar-refractivity contribution < 1.29 is 4.79 Å². The Morgan fingerprint density at radius 1 is 1.20 bits per heavy atom. The van der Waals surface area contributed by atoms with E-state index in [0.717, 1.165) is 41.7 Å². The molecule has 1 unspecified atom stereocenters. The molecule has 1 aromatic carbocycles. The molecule has 1 N–H and O–H groups in total. The quantitative estimate of drug-likeness (QED) is 0.761. The van der Waals surface area contributed by atoms with E-state index >= 15 is 0 Å². The molecule has 1 atom stereocenters. The maximum absolute atomic E-state index is 12.8. The summed E-state index contributed by atoms with van der Waals surface area (Å²) >= 11 is 0. The second-order valence-electron chi connectivity index (χ2n) is 6.40. The summed E-state index contributed by atoms with van der Waals surface area (Å²) in [6.07, 6.45) is 3.64. The first-order valence-corrected chi connectivity index (χ1v) is 8.57. The Kier molecular flexibility index (Phi) is 4.06. The van der Waals surface area contributed by atoms with Crippen molar-refractivity contribution in [1.82, 2.24) is 14.9 Å². The minimum absolute atomic E-state index is 0.0355. The number of likely N-dealkylation sites (tertiary alicyclic amines) is 1. The molecule has 0 radical (unpaired) electrons. The number of urea groups is 1. The van der Waals surface area contributed by atoms with E-state index in [1.54, 1.807) is 6.20 Å². The Bertz CT molecular complexity index is 924. The van der Waals surface area contributed by atoms with Crippen LogP contribution in [0.2, 0.25) is 0 Å². The summed E-state index contributed by atoms with van der Waals surface area (Å²) in [5.74, 6) is 0. The molecule has 2 amide bonds. The fourth-order valence-electron chi connectivity index (χ4n) is 3.40. The number of aromatic nitrogens is 2. The average molecular weight is 332 g/mol. The van der Waals surface area contributed by atoms with E-state index in [4.69, 9.17) is 0 Å². The molecule has 1 aliphatic rings. The largest absolute Gasteiger partial charge is 0.322 e. The van der Waals surface area contributed by atoms with Crippen LogP contribution in [0.15, 0.2) is 54.7 Å². The van der Waals surface area contributed by atoms with Crippen molar-refractivity contribution in [1.29, 1.82) is 0 Å². The maximum Gasteiger partial charge on any atom is 0.322 e. The number of fused-ring (bicyclic) bond motifs is 1. The topological polar surface area (TPSA) is 58.1 Å². The van der Waals surface area contributed by atoms with E-state index in [1.807, 2.05) is 60.4 Å². The Balaban J connectivity index is 1.54. The summed E-state index contributed by atoms with van der Waals surface area (Å²) in [7, 11) is 0. The molecule has 0 saturated carbocycles. The second kappa shape index (κ2) is 6.51. The molecule has 0 spiro atoms. The third-order valence-corrected chi connectivity index (χ3v) is 4.61. The van der Waals surface area contributed by atoms with Crippen molar-refractivity contribution in [2.45, 2.75) is 25.8 Å². The molecule has 1 fully saturated rings. The molecule has 5 heteroatoms. The summed E-state index contributed by atoms with van der Waals surface area (Å²) < 4.78 is 0. The lowest BCUT2D eigenvalue weighted by molar-refractivity contribution is 0.206. The molecule has 0 bridgehead atoms. The number of nitrogens with zero attached hydrogens (tertiary/aromatic N) is 3. The Labute approximate surface area is 146 Å². The van der Waals surface area contributed by atoms with Crippen molar-refractivity contribution in [2.24, 2.45) is 0 Å². The first kappa shape index (κ1) is 15.6. The number of pyridine rings is 2. The van der Waals surface area contributed by atoms with Gasteiger partial charge in [-0.25, -0.2) is 4.79 Å². The van der Waals surface area contributed by atoms with E-state index in [9.17, 15) is 4.79 Å². The second-order valence-corrected chi connectivity index (χ2v) is 6.40. The van der Waals surface area contributed by atoms with E-state index in [2.05, 4.69) is 15.3 Å². The van der Waals surface area contributed by atoms with Crippen molar-refractivity contribution in [3.63, 3.8) is 0 Å². The number of hydrogen-bond donors (Lipinski definition) is 1. The number of anilines is 1. The van der Waals surface area contributed by atoms with Crippen LogP contribution in [0.4, 0.5) is 10.5 Å². The molecule has 126 valence electrons. The predicted octanol–water partition coefficient (Wildman–Crippen LogP) is 4.31. The van der Waals surface area contributed by atoms with Gasteiger partial charge in [0.05, 0.1) is 29.1 Å². The lowest BCUT2D eigenvalue weighted by Crippen LogP contribution is -2.34. The zero-order chi connectivity index (χ0) is 17.2. The SMILES string of the molecule is Cc1cccc(C2CCCN2C(=O)Nc2cnc3ccccc3c2)n1. The molecule has 4 rings (SSSR count). The van der Waals surface area contributed by atoms with E-state index in [-0.39, 0.29) is 12.1 Å². The van der Waals surface area contributed by atoms with E-state index in [0.29, 0.717) is 5.69 Å². The zero-order valence-corrected chi connectivity index (χ0v) is 14.1. The van der Waals surface area contributed by atoms with Crippen LogP contribution < -0.4 is 5.32 Å². The maximum atomic E-state index is 12.8. The predicted molar refractivity (Wildman–Crippen MR) is 98.4 cm³/mol. The van der Waals surface area contributed by atoms with Crippen LogP contribution in [0, 0.1) is 6.92 Å². The van der Waals surface area contributed by atoms with Crippen LogP contribution >= 0.6 is 0 Å². The lowest BCUT2D eigenvalue weighted by atomic mass is 10.1. The van der Waals surface area contributed by atoms with Gasteiger partial charge in [-0.15, -0.1) is 0 Å². The van der Waals surface area contributed by atoms with Crippen LogP contribution in [0.1, 0.15) is 30.3 Å². The van der Waals surface area contributed by atoms with Crippen molar-refractivity contribution >= 4 is 22.6 Å². The summed E-state index contributed by atoms with van der Waals surface area (Å²) in [6, 6.07) is 15.7. The third-order valence-electron chi connectivity index (χ3n) is 4.61. The van der Waals surface area contributed by atoms with Crippen LogP contribution in [0.3, 0.4) is 0 Å². The third kappa shape index (κ3) is 3.18. The van der Waals surface area contributed by atoms with Gasteiger partial charge in [-0.2, -0.15) is 0 Å². The molecule has 2 aromatic heterocycles. The normalized spacial score (nSPS) is 17.0. The van der Waals surface area contributed by atoms with Gasteiger partial charge >= 0.3 is 6.03 Å². The number of carbonyl (C=O) groups is 1. The number of aryl methyl sites for hydroxylation is 1. The van der Waals surface area contributed by atoms with Crippen molar-refractivity contribution in [3.05, 3.63) is 66.1 Å². The zero-order valence-electron chi connectivity index (χ0n) is 14.1. The van der Waals surface area contributed by atoms with Gasteiger partial charge in [0.2, 0.25) is 0 Å². The van der Waals surface area contributed by atoms with Crippen molar-refractivity contribution in [2.75, 3.05) is 11.9 Å². The fraction of sp³-hybridized carbons (Fsp3) is 0.250. The molecule has 3 aromatic rings. The molecule has 3 heterocycles. The van der Waals surface area contributed by atoms with E-state index < -0.39 is 0 Å². The highest BCUT2D eigenvalue weighted by molar-refractivity contribution is 5.92. The van der Waals surface area contributed by atoms with Crippen molar-refractivity contribution in [3.8, 4) is 0 Å². The van der Waals surface area contributed by atoms with Gasteiger partial charge in [0.15, 0.2) is 0 Å². The van der Waals surface area contributed by atoms with Crippen LogP contribution in [0.5, 0.6) is 0 Å². The molecule has 5 nitrogen and oxygen atoms in total. The summed E-state index contributed by atoms with van der Waals surface area (Å²) in [4.78, 5) is 23.7. The van der Waals surface area contributed by atoms with Crippen LogP contribution in [0.25, 0.3) is 10.9 Å². The summed E-state index contributed by atoms with van der Waals surface area (Å²) in [5.41, 5.74) is 3.57. The van der Waals surface area contributed by atoms with Crippen LogP contribution in [-0.2, 0) is 0 Å². The molecular formula is C20H20N4O. The number of hydrogen-bond acceptors (Lipinski definition) is 3. The first-order valence-electron chi connectivity index (χ1n) is 8.57. The van der Waals surface area contributed by atoms with Gasteiger partial charge < -0.3 is 10.2 Å². The Morgan fingerprint density at radius 3 is 2.96 bits per heavy atom. The number of benzene rings is 1. The monoisotopic (exact) mass is 332 g/mol. The number of carbonyl (C=O) groups excluding carboxylic acids is 1. The molecule has 1 saturated heterocycles. The number of para-hydroxylation sites is 1. The number of nitrogens with one attached hydrogen (secondary N) is 1. The fourth-order valence-corrected chi connectivity index (χ4v) is 3.40. The van der Waals surface area contributed by atoms with Gasteiger partial charge in [-0.05, 0) is 44.0 Å². The molecular weight excluding hydrogens is 312 g/mol. The van der Waals surface area contributed by atoms with Gasteiger partial charge in [-0.1, -0.05) is 24.3 Å². The first-order chi connectivity index (χ1) is 12.2. The standard InChI is InChI=1S/C20H20N4O/c1-14-6-4-9-18(22-14)19-10-5-11-24(19)20(25)23-16-12-15-7-2-3-8-17(15)21-13-16/h2-4,6-9,12-13,19H,5,10-11H2,1H3,(H,23,25).